The van der Waals surface area contributed by atoms with Crippen LogP contribution in [0.1, 0.15) is 31.2 Å². The van der Waals surface area contributed by atoms with Crippen LogP contribution in [0.4, 0.5) is 0 Å². The summed E-state index contributed by atoms with van der Waals surface area (Å²) in [6, 6.07) is 10.0. The molecule has 2 atom stereocenters. The smallest absolute Gasteiger partial charge is 0.236 e. The average molecular weight is 304 g/mol. The number of nitrogens with zero attached hydrogens (tertiary/aromatic N) is 2. The highest BCUT2D eigenvalue weighted by Gasteiger charge is 2.25. The zero-order valence-electron chi connectivity index (χ0n) is 13.7. The summed E-state index contributed by atoms with van der Waals surface area (Å²) in [5, 5.41) is 10.0. The fraction of sp³-hybridized carbons (Fsp3) is 0.611. The number of hydrogen-bond acceptors (Lipinski definition) is 3. The second-order valence-corrected chi connectivity index (χ2v) is 6.54. The third kappa shape index (κ3) is 5.11. The number of hydrogen-bond donors (Lipinski definition) is 1. The Balaban J connectivity index is 1.77. The van der Waals surface area contributed by atoms with E-state index in [0.717, 1.165) is 31.4 Å². The zero-order valence-corrected chi connectivity index (χ0v) is 13.7. The van der Waals surface area contributed by atoms with Gasteiger partial charge in [0.2, 0.25) is 5.91 Å². The number of benzene rings is 1. The molecule has 4 heteroatoms. The maximum Gasteiger partial charge on any atom is 0.236 e. The molecule has 4 nitrogen and oxygen atoms in total. The second-order valence-electron chi connectivity index (χ2n) is 6.54. The number of carbonyl (C=O) groups excluding carboxylic acids is 1. The van der Waals surface area contributed by atoms with Crippen molar-refractivity contribution in [3.63, 3.8) is 0 Å². The maximum absolute atomic E-state index is 12.3. The predicted octanol–water partition coefficient (Wildman–Crippen LogP) is 2.13. The molecule has 2 rings (SSSR count). The Labute approximate surface area is 133 Å². The molecule has 2 unspecified atom stereocenters. The van der Waals surface area contributed by atoms with Crippen molar-refractivity contribution in [3.8, 4) is 0 Å². The molecule has 22 heavy (non-hydrogen) atoms. The van der Waals surface area contributed by atoms with Gasteiger partial charge in [-0.05, 0) is 31.4 Å². The van der Waals surface area contributed by atoms with E-state index < -0.39 is 0 Å². The van der Waals surface area contributed by atoms with Gasteiger partial charge in [-0.3, -0.25) is 9.69 Å². The third-order valence-electron chi connectivity index (χ3n) is 4.51. The second kappa shape index (κ2) is 8.30. The van der Waals surface area contributed by atoms with Crippen molar-refractivity contribution in [2.24, 2.45) is 5.92 Å². The minimum absolute atomic E-state index is 0.122. The molecule has 0 spiro atoms. The van der Waals surface area contributed by atoms with E-state index in [9.17, 15) is 9.90 Å². The van der Waals surface area contributed by atoms with Crippen LogP contribution in [0.25, 0.3) is 0 Å². The molecule has 1 aliphatic carbocycles. The molecular weight excluding hydrogens is 276 g/mol. The van der Waals surface area contributed by atoms with Crippen molar-refractivity contribution in [2.75, 3.05) is 27.2 Å². The van der Waals surface area contributed by atoms with Gasteiger partial charge in [0.25, 0.3) is 0 Å². The molecule has 1 saturated carbocycles. The van der Waals surface area contributed by atoms with Crippen molar-refractivity contribution in [1.82, 2.24) is 9.80 Å². The van der Waals surface area contributed by atoms with E-state index in [-0.39, 0.29) is 12.0 Å². The summed E-state index contributed by atoms with van der Waals surface area (Å²) in [7, 11) is 3.81. The number of carbonyl (C=O) groups is 1. The lowest BCUT2D eigenvalue weighted by Crippen LogP contribution is -2.41. The Morgan fingerprint density at radius 1 is 1.18 bits per heavy atom. The van der Waals surface area contributed by atoms with Crippen LogP contribution < -0.4 is 0 Å². The van der Waals surface area contributed by atoms with Crippen molar-refractivity contribution >= 4 is 5.91 Å². The van der Waals surface area contributed by atoms with E-state index in [2.05, 4.69) is 0 Å². The fourth-order valence-electron chi connectivity index (χ4n) is 3.16. The largest absolute Gasteiger partial charge is 0.393 e. The van der Waals surface area contributed by atoms with Gasteiger partial charge in [-0.1, -0.05) is 43.2 Å². The normalized spacial score (nSPS) is 21.8. The molecule has 122 valence electrons. The van der Waals surface area contributed by atoms with E-state index in [1.54, 1.807) is 4.90 Å². The van der Waals surface area contributed by atoms with Crippen molar-refractivity contribution < 1.29 is 9.90 Å². The highest BCUT2D eigenvalue weighted by Crippen LogP contribution is 2.24. The maximum atomic E-state index is 12.3. The highest BCUT2D eigenvalue weighted by atomic mass is 16.3. The lowest BCUT2D eigenvalue weighted by Gasteiger charge is -2.31. The number of aliphatic hydroxyl groups excluding tert-OH is 1. The summed E-state index contributed by atoms with van der Waals surface area (Å²) < 4.78 is 0. The summed E-state index contributed by atoms with van der Waals surface area (Å²) in [6.07, 6.45) is 4.09. The van der Waals surface area contributed by atoms with E-state index in [1.165, 1.54) is 6.42 Å². The molecule has 0 heterocycles. The van der Waals surface area contributed by atoms with Crippen molar-refractivity contribution in [3.05, 3.63) is 35.9 Å². The highest BCUT2D eigenvalue weighted by molar-refractivity contribution is 5.77. The standard InChI is InChI=1S/C18H28N2O2/c1-19(13-16-10-6-7-11-17(16)21)14-18(22)20(2)12-15-8-4-3-5-9-15/h3-5,8-9,16-17,21H,6-7,10-14H2,1-2H3. The Bertz CT molecular complexity index is 463. The van der Waals surface area contributed by atoms with Gasteiger partial charge in [0, 0.05) is 20.1 Å². The van der Waals surface area contributed by atoms with Gasteiger partial charge in [0.05, 0.1) is 12.6 Å². The van der Waals surface area contributed by atoms with Crippen molar-refractivity contribution in [2.45, 2.75) is 38.3 Å². The van der Waals surface area contributed by atoms with Crippen LogP contribution in [0, 0.1) is 5.92 Å². The van der Waals surface area contributed by atoms with Gasteiger partial charge in [-0.25, -0.2) is 0 Å². The van der Waals surface area contributed by atoms with Gasteiger partial charge in [0.1, 0.15) is 0 Å². The quantitative estimate of drug-likeness (QED) is 0.875. The van der Waals surface area contributed by atoms with Gasteiger partial charge >= 0.3 is 0 Å². The summed E-state index contributed by atoms with van der Waals surface area (Å²) >= 11 is 0. The van der Waals surface area contributed by atoms with Crippen LogP contribution in [-0.4, -0.2) is 54.1 Å². The van der Waals surface area contributed by atoms with Gasteiger partial charge in [-0.2, -0.15) is 0 Å². The van der Waals surface area contributed by atoms with Crippen LogP contribution in [0.3, 0.4) is 0 Å². The molecular formula is C18H28N2O2. The minimum Gasteiger partial charge on any atom is -0.393 e. The Kier molecular flexibility index (Phi) is 6.40. The molecule has 1 aromatic carbocycles. The van der Waals surface area contributed by atoms with Gasteiger partial charge < -0.3 is 10.0 Å². The van der Waals surface area contributed by atoms with E-state index in [1.807, 2.05) is 49.3 Å². The number of aliphatic hydroxyl groups is 1. The van der Waals surface area contributed by atoms with Crippen LogP contribution in [0.15, 0.2) is 30.3 Å². The molecule has 1 aromatic rings. The zero-order chi connectivity index (χ0) is 15.9. The molecule has 1 amide bonds. The number of rotatable bonds is 6. The monoisotopic (exact) mass is 304 g/mol. The number of amides is 1. The van der Waals surface area contributed by atoms with Crippen LogP contribution in [0.5, 0.6) is 0 Å². The molecule has 1 aliphatic rings. The fourth-order valence-corrected chi connectivity index (χ4v) is 3.16. The van der Waals surface area contributed by atoms with E-state index in [0.29, 0.717) is 19.0 Å². The van der Waals surface area contributed by atoms with Crippen LogP contribution >= 0.6 is 0 Å². The van der Waals surface area contributed by atoms with E-state index in [4.69, 9.17) is 0 Å². The Hall–Kier alpha value is -1.39. The first-order chi connectivity index (χ1) is 10.6. The summed E-state index contributed by atoms with van der Waals surface area (Å²) in [6.45, 7) is 1.85. The van der Waals surface area contributed by atoms with Gasteiger partial charge in [0.15, 0.2) is 0 Å². The Morgan fingerprint density at radius 3 is 2.55 bits per heavy atom. The molecule has 0 aliphatic heterocycles. The molecule has 0 saturated heterocycles. The first kappa shape index (κ1) is 17.0. The van der Waals surface area contributed by atoms with E-state index >= 15 is 0 Å². The molecule has 0 bridgehead atoms. The summed E-state index contributed by atoms with van der Waals surface area (Å²) in [4.78, 5) is 16.1. The van der Waals surface area contributed by atoms with Crippen LogP contribution in [-0.2, 0) is 11.3 Å². The molecule has 1 N–H and O–H groups in total. The molecule has 0 radical (unpaired) electrons. The average Bonchev–Trinajstić information content (AvgIpc) is 2.50. The van der Waals surface area contributed by atoms with Crippen LogP contribution in [0.2, 0.25) is 0 Å². The van der Waals surface area contributed by atoms with Gasteiger partial charge in [-0.15, -0.1) is 0 Å². The third-order valence-corrected chi connectivity index (χ3v) is 4.51. The first-order valence-corrected chi connectivity index (χ1v) is 8.20. The predicted molar refractivity (Wildman–Crippen MR) is 88.4 cm³/mol. The molecule has 1 fully saturated rings. The lowest BCUT2D eigenvalue weighted by atomic mass is 9.86. The Morgan fingerprint density at radius 2 is 1.86 bits per heavy atom. The SMILES string of the molecule is CN(CC(=O)N(C)Cc1ccccc1)CC1CCCCC1O. The molecule has 0 aromatic heterocycles. The summed E-state index contributed by atoms with van der Waals surface area (Å²) in [5.41, 5.74) is 1.14. The first-order valence-electron chi connectivity index (χ1n) is 8.20. The number of likely N-dealkylation sites (N-methyl/N-ethyl adjacent to an activating group) is 2. The summed E-state index contributed by atoms with van der Waals surface area (Å²) in [5.74, 6) is 0.433. The minimum atomic E-state index is -0.201. The lowest BCUT2D eigenvalue weighted by molar-refractivity contribution is -0.131. The van der Waals surface area contributed by atoms with Crippen molar-refractivity contribution in [1.29, 1.82) is 0 Å². The topological polar surface area (TPSA) is 43.8 Å².